The Hall–Kier alpha value is -1.55. The predicted octanol–water partition coefficient (Wildman–Crippen LogP) is 3.83. The molecule has 3 atom stereocenters. The zero-order valence-electron chi connectivity index (χ0n) is 13.7. The molecule has 1 aliphatic heterocycles. The molecule has 23 heavy (non-hydrogen) atoms. The Kier molecular flexibility index (Phi) is 5.55. The Bertz CT molecular complexity index is 523. The molecule has 126 valence electrons. The van der Waals surface area contributed by atoms with Crippen molar-refractivity contribution in [2.24, 2.45) is 5.92 Å². The molecule has 1 aromatic rings. The first-order chi connectivity index (χ1) is 11.3. The van der Waals surface area contributed by atoms with Gasteiger partial charge in [-0.05, 0) is 44.2 Å². The molecular weight excluding hydrogens is 290 g/mol. The molecule has 2 aliphatic rings. The van der Waals surface area contributed by atoms with Crippen LogP contribution in [0.4, 0.5) is 0 Å². The number of amides is 1. The fourth-order valence-corrected chi connectivity index (χ4v) is 3.82. The molecule has 1 N–H and O–H groups in total. The van der Waals surface area contributed by atoms with E-state index >= 15 is 0 Å². The highest BCUT2D eigenvalue weighted by Crippen LogP contribution is 2.30. The number of carbonyl (C=O) groups is 1. The van der Waals surface area contributed by atoms with Crippen LogP contribution < -0.4 is 0 Å². The van der Waals surface area contributed by atoms with Crippen LogP contribution >= 0.6 is 0 Å². The van der Waals surface area contributed by atoms with Gasteiger partial charge in [-0.25, -0.2) is 0 Å². The van der Waals surface area contributed by atoms with Crippen molar-refractivity contribution in [3.8, 4) is 0 Å². The van der Waals surface area contributed by atoms with Crippen molar-refractivity contribution in [1.29, 1.82) is 0 Å². The maximum absolute atomic E-state index is 13.0. The molecule has 1 amide bonds. The van der Waals surface area contributed by atoms with E-state index in [1.54, 1.807) is 18.4 Å². The molecule has 3 unspecified atom stereocenters. The normalized spacial score (nSPS) is 26.7. The quantitative estimate of drug-likeness (QED) is 0.859. The second kappa shape index (κ2) is 7.82. The number of furan rings is 1. The number of aliphatic hydroxyl groups excluding tert-OH is 1. The van der Waals surface area contributed by atoms with Crippen molar-refractivity contribution in [3.05, 3.63) is 36.3 Å². The zero-order chi connectivity index (χ0) is 16.1. The standard InChI is InChI=1S/C19H27NO3/c21-17(18-11-7-13-23-18)14-16-10-5-2-6-12-20(16)19(22)15-8-3-1-4-9-15/h1,3,7,11,13,15-17,21H,2,4-6,8-10,12,14H2. The van der Waals surface area contributed by atoms with Crippen molar-refractivity contribution in [1.82, 2.24) is 4.90 Å². The lowest BCUT2D eigenvalue weighted by Crippen LogP contribution is -2.44. The van der Waals surface area contributed by atoms with E-state index < -0.39 is 6.10 Å². The fourth-order valence-electron chi connectivity index (χ4n) is 3.82. The van der Waals surface area contributed by atoms with Crippen molar-refractivity contribution < 1.29 is 14.3 Å². The van der Waals surface area contributed by atoms with Gasteiger partial charge < -0.3 is 14.4 Å². The topological polar surface area (TPSA) is 53.7 Å². The first kappa shape index (κ1) is 16.3. The molecule has 2 heterocycles. The molecule has 0 radical (unpaired) electrons. The summed E-state index contributed by atoms with van der Waals surface area (Å²) in [4.78, 5) is 15.0. The minimum Gasteiger partial charge on any atom is -0.467 e. The summed E-state index contributed by atoms with van der Waals surface area (Å²) in [6.07, 6.45) is 13.0. The zero-order valence-corrected chi connectivity index (χ0v) is 13.7. The molecule has 1 aromatic heterocycles. The van der Waals surface area contributed by atoms with Crippen LogP contribution in [0.1, 0.15) is 63.2 Å². The molecule has 1 saturated heterocycles. The average molecular weight is 317 g/mol. The Morgan fingerprint density at radius 2 is 2.22 bits per heavy atom. The van der Waals surface area contributed by atoms with Crippen molar-refractivity contribution >= 4 is 5.91 Å². The van der Waals surface area contributed by atoms with Crippen LogP contribution in [0.25, 0.3) is 0 Å². The van der Waals surface area contributed by atoms with E-state index in [-0.39, 0.29) is 17.9 Å². The summed E-state index contributed by atoms with van der Waals surface area (Å²) in [5.41, 5.74) is 0. The lowest BCUT2D eigenvalue weighted by atomic mass is 9.91. The Balaban J connectivity index is 1.69. The van der Waals surface area contributed by atoms with Gasteiger partial charge in [0.2, 0.25) is 5.91 Å². The number of aliphatic hydroxyl groups is 1. The second-order valence-corrected chi connectivity index (χ2v) is 6.78. The lowest BCUT2D eigenvalue weighted by molar-refractivity contribution is -0.138. The third-order valence-corrected chi connectivity index (χ3v) is 5.15. The van der Waals surface area contributed by atoms with E-state index in [0.29, 0.717) is 12.2 Å². The third kappa shape index (κ3) is 4.05. The molecule has 1 fully saturated rings. The van der Waals surface area contributed by atoms with Crippen molar-refractivity contribution in [2.75, 3.05) is 6.54 Å². The first-order valence-corrected chi connectivity index (χ1v) is 8.92. The molecule has 3 rings (SSSR count). The third-order valence-electron chi connectivity index (χ3n) is 5.15. The van der Waals surface area contributed by atoms with Crippen LogP contribution in [0.5, 0.6) is 0 Å². The summed E-state index contributed by atoms with van der Waals surface area (Å²) in [5.74, 6) is 1.01. The Morgan fingerprint density at radius 1 is 1.30 bits per heavy atom. The van der Waals surface area contributed by atoms with Gasteiger partial charge in [0.05, 0.1) is 6.26 Å². The molecule has 0 saturated carbocycles. The van der Waals surface area contributed by atoms with Gasteiger partial charge in [0.15, 0.2) is 0 Å². The van der Waals surface area contributed by atoms with Crippen LogP contribution in [0, 0.1) is 5.92 Å². The minimum atomic E-state index is -0.630. The van der Waals surface area contributed by atoms with Gasteiger partial charge in [-0.3, -0.25) is 4.79 Å². The minimum absolute atomic E-state index is 0.121. The van der Waals surface area contributed by atoms with E-state index in [4.69, 9.17) is 4.42 Å². The summed E-state index contributed by atoms with van der Waals surface area (Å²) in [6, 6.07) is 3.72. The summed E-state index contributed by atoms with van der Waals surface area (Å²) < 4.78 is 5.32. The molecule has 0 bridgehead atoms. The van der Waals surface area contributed by atoms with Gasteiger partial charge in [-0.15, -0.1) is 0 Å². The maximum Gasteiger partial charge on any atom is 0.226 e. The van der Waals surface area contributed by atoms with Gasteiger partial charge in [-0.1, -0.05) is 25.0 Å². The molecule has 0 spiro atoms. The van der Waals surface area contributed by atoms with Gasteiger partial charge in [-0.2, -0.15) is 0 Å². The summed E-state index contributed by atoms with van der Waals surface area (Å²) in [5, 5.41) is 10.4. The van der Waals surface area contributed by atoms with Crippen LogP contribution in [0.2, 0.25) is 0 Å². The number of rotatable bonds is 4. The Morgan fingerprint density at radius 3 is 2.96 bits per heavy atom. The van der Waals surface area contributed by atoms with Gasteiger partial charge in [0.1, 0.15) is 11.9 Å². The summed E-state index contributed by atoms with van der Waals surface area (Å²) >= 11 is 0. The fraction of sp³-hybridized carbons (Fsp3) is 0.632. The van der Waals surface area contributed by atoms with Crippen LogP contribution in [-0.2, 0) is 4.79 Å². The molecule has 4 heteroatoms. The van der Waals surface area contributed by atoms with E-state index in [2.05, 4.69) is 17.1 Å². The number of nitrogens with zero attached hydrogens (tertiary/aromatic N) is 1. The molecule has 1 aliphatic carbocycles. The highest BCUT2D eigenvalue weighted by Gasteiger charge is 2.32. The van der Waals surface area contributed by atoms with Crippen molar-refractivity contribution in [3.63, 3.8) is 0 Å². The summed E-state index contributed by atoms with van der Waals surface area (Å²) in [7, 11) is 0. The highest BCUT2D eigenvalue weighted by atomic mass is 16.4. The lowest BCUT2D eigenvalue weighted by Gasteiger charge is -2.34. The van der Waals surface area contributed by atoms with Crippen LogP contribution in [-0.4, -0.2) is 28.5 Å². The number of allylic oxidation sites excluding steroid dienone is 2. The van der Waals surface area contributed by atoms with Crippen molar-refractivity contribution in [2.45, 2.75) is 63.5 Å². The second-order valence-electron chi connectivity index (χ2n) is 6.78. The van der Waals surface area contributed by atoms with Crippen LogP contribution in [0.3, 0.4) is 0 Å². The highest BCUT2D eigenvalue weighted by molar-refractivity contribution is 5.79. The molecule has 0 aromatic carbocycles. The first-order valence-electron chi connectivity index (χ1n) is 8.92. The van der Waals surface area contributed by atoms with Gasteiger partial charge in [0, 0.05) is 24.9 Å². The largest absolute Gasteiger partial charge is 0.467 e. The van der Waals surface area contributed by atoms with E-state index in [1.165, 1.54) is 6.42 Å². The molecular formula is C19H27NO3. The van der Waals surface area contributed by atoms with E-state index in [1.807, 2.05) is 0 Å². The predicted molar refractivity (Wildman–Crippen MR) is 88.7 cm³/mol. The van der Waals surface area contributed by atoms with Gasteiger partial charge >= 0.3 is 0 Å². The average Bonchev–Trinajstić information content (AvgIpc) is 3.03. The SMILES string of the molecule is O=C(C1CC=CCC1)N1CCCCCC1CC(O)c1ccco1. The monoisotopic (exact) mass is 317 g/mol. The Labute approximate surface area is 138 Å². The van der Waals surface area contributed by atoms with E-state index in [9.17, 15) is 9.90 Å². The number of carbonyl (C=O) groups excluding carboxylic acids is 1. The number of likely N-dealkylation sites (tertiary alicyclic amines) is 1. The molecule has 4 nitrogen and oxygen atoms in total. The number of hydrogen-bond acceptors (Lipinski definition) is 3. The number of hydrogen-bond donors (Lipinski definition) is 1. The maximum atomic E-state index is 13.0. The van der Waals surface area contributed by atoms with Crippen LogP contribution in [0.15, 0.2) is 35.0 Å². The summed E-state index contributed by atoms with van der Waals surface area (Å²) in [6.45, 7) is 0.828. The van der Waals surface area contributed by atoms with E-state index in [0.717, 1.165) is 45.1 Å². The van der Waals surface area contributed by atoms with Gasteiger partial charge in [0.25, 0.3) is 0 Å². The smallest absolute Gasteiger partial charge is 0.226 e.